The monoisotopic (exact) mass is 786 g/mol. The molecular formula is C34H40Cl6O8. The van der Waals surface area contributed by atoms with E-state index in [2.05, 4.69) is 0 Å². The smallest absolute Gasteiger partial charge is 0.423 e. The first-order chi connectivity index (χ1) is 22.0. The van der Waals surface area contributed by atoms with Crippen LogP contribution in [-0.4, -0.2) is 37.1 Å². The van der Waals surface area contributed by atoms with Gasteiger partial charge in [-0.15, -0.1) is 0 Å². The number of hydrogen-bond acceptors (Lipinski definition) is 8. The van der Waals surface area contributed by atoms with Gasteiger partial charge in [0, 0.05) is 10.8 Å². The molecule has 0 atom stereocenters. The fourth-order valence-corrected chi connectivity index (χ4v) is 6.01. The molecule has 0 heterocycles. The molecule has 0 aliphatic rings. The molecule has 0 amide bonds. The first-order valence-electron chi connectivity index (χ1n) is 15.1. The Hall–Kier alpha value is -1.94. The number of esters is 4. The molecule has 2 aromatic rings. The van der Waals surface area contributed by atoms with Crippen LogP contribution in [0.25, 0.3) is 0 Å². The molecule has 0 radical (unpaired) electrons. The minimum Gasteiger partial charge on any atom is -0.461 e. The maximum Gasteiger partial charge on any atom is 0.423 e. The van der Waals surface area contributed by atoms with Gasteiger partial charge in [-0.3, -0.25) is 0 Å². The van der Waals surface area contributed by atoms with E-state index in [0.717, 1.165) is 12.1 Å². The Morgan fingerprint density at radius 1 is 0.542 bits per heavy atom. The molecule has 0 N–H and O–H groups in total. The lowest BCUT2D eigenvalue weighted by atomic mass is 9.71. The van der Waals surface area contributed by atoms with E-state index in [0.29, 0.717) is 0 Å². The molecule has 0 saturated heterocycles. The Bertz CT molecular complexity index is 1440. The summed E-state index contributed by atoms with van der Waals surface area (Å²) in [7, 11) is 0. The van der Waals surface area contributed by atoms with Crippen molar-refractivity contribution in [2.45, 2.75) is 69.2 Å². The lowest BCUT2D eigenvalue weighted by Crippen LogP contribution is -2.36. The summed E-state index contributed by atoms with van der Waals surface area (Å²) in [4.78, 5) is 52.9. The second-order valence-electron chi connectivity index (χ2n) is 13.3. The van der Waals surface area contributed by atoms with Gasteiger partial charge in [-0.1, -0.05) is 139 Å². The van der Waals surface area contributed by atoms with Gasteiger partial charge in [-0.2, -0.15) is 0 Å². The zero-order valence-electron chi connectivity index (χ0n) is 28.4. The second-order valence-corrected chi connectivity index (χ2v) is 15.7. The third-order valence-electron chi connectivity index (χ3n) is 9.52. The van der Waals surface area contributed by atoms with Gasteiger partial charge >= 0.3 is 23.9 Å². The molecule has 8 nitrogen and oxygen atoms in total. The van der Waals surface area contributed by atoms with Crippen LogP contribution in [0.2, 0.25) is 30.1 Å². The molecular weight excluding hydrogens is 749 g/mol. The minimum absolute atomic E-state index is 0.0146. The Morgan fingerprint density at radius 2 is 0.812 bits per heavy atom. The molecule has 0 fully saturated rings. The zero-order chi connectivity index (χ0) is 37.0. The van der Waals surface area contributed by atoms with Gasteiger partial charge in [-0.25, -0.2) is 19.2 Å². The van der Waals surface area contributed by atoms with Crippen molar-refractivity contribution < 1.29 is 38.1 Å². The Balaban J connectivity index is 2.45. The summed E-state index contributed by atoms with van der Waals surface area (Å²) in [6, 6.07) is 2.24. The molecule has 0 bridgehead atoms. The summed E-state index contributed by atoms with van der Waals surface area (Å²) in [6.07, 6.45) is 0. The third kappa shape index (κ3) is 9.23. The van der Waals surface area contributed by atoms with Crippen LogP contribution in [0.5, 0.6) is 11.5 Å². The topological polar surface area (TPSA) is 105 Å². The summed E-state index contributed by atoms with van der Waals surface area (Å²) in [5, 5.41) is -1.59. The molecule has 48 heavy (non-hydrogen) atoms. The molecule has 0 aliphatic carbocycles. The predicted octanol–water partition coefficient (Wildman–Crippen LogP) is 11.1. The summed E-state index contributed by atoms with van der Waals surface area (Å²) in [6.45, 7) is 19.9. The van der Waals surface area contributed by atoms with Gasteiger partial charge in [0.25, 0.3) is 0 Å². The van der Waals surface area contributed by atoms with Crippen molar-refractivity contribution in [3.8, 4) is 11.5 Å². The number of hydrogen-bond donors (Lipinski definition) is 0. The number of carbonyl (C=O) groups excluding carboxylic acids is 4. The zero-order valence-corrected chi connectivity index (χ0v) is 32.9. The number of benzene rings is 2. The van der Waals surface area contributed by atoms with Crippen LogP contribution in [-0.2, 0) is 19.1 Å². The van der Waals surface area contributed by atoms with E-state index in [-0.39, 0.29) is 67.0 Å². The van der Waals surface area contributed by atoms with Gasteiger partial charge in [0.2, 0.25) is 0 Å². The van der Waals surface area contributed by atoms with Crippen LogP contribution < -0.4 is 9.47 Å². The van der Waals surface area contributed by atoms with E-state index < -0.39 is 57.3 Å². The average molecular weight is 789 g/mol. The highest BCUT2D eigenvalue weighted by Gasteiger charge is 2.37. The van der Waals surface area contributed by atoms with Crippen molar-refractivity contribution in [3.05, 3.63) is 53.4 Å². The summed E-state index contributed by atoms with van der Waals surface area (Å²) < 4.78 is 21.6. The third-order valence-corrected chi connectivity index (χ3v) is 11.7. The summed E-state index contributed by atoms with van der Waals surface area (Å²) in [5.74, 6) is -6.02. The maximum atomic E-state index is 13.3. The van der Waals surface area contributed by atoms with Crippen LogP contribution >= 0.6 is 69.6 Å². The SMILES string of the molecule is CC(C)C(C)(COC(=O)c1c(Cl)c(Cl)cc(Cl)c1OC(=O)C(=O)Oc1c(Cl)cc(Cl)c(Cl)c1C(=O)OCC(C)(C(C)C)C(C)C)C(C)C. The van der Waals surface area contributed by atoms with Crippen molar-refractivity contribution in [1.82, 2.24) is 0 Å². The molecule has 0 aromatic heterocycles. The molecule has 14 heteroatoms. The number of rotatable bonds is 12. The van der Waals surface area contributed by atoms with Crippen LogP contribution in [0.4, 0.5) is 0 Å². The van der Waals surface area contributed by atoms with Crippen molar-refractivity contribution in [2.75, 3.05) is 13.2 Å². The van der Waals surface area contributed by atoms with Gasteiger partial charge in [0.1, 0.15) is 11.1 Å². The van der Waals surface area contributed by atoms with Gasteiger partial charge in [0.05, 0.1) is 43.3 Å². The second kappa shape index (κ2) is 16.8. The quantitative estimate of drug-likeness (QED) is 0.0906. The molecule has 0 unspecified atom stereocenters. The van der Waals surface area contributed by atoms with Crippen molar-refractivity contribution in [1.29, 1.82) is 0 Å². The van der Waals surface area contributed by atoms with Crippen molar-refractivity contribution >= 4 is 93.5 Å². The van der Waals surface area contributed by atoms with Crippen molar-refractivity contribution in [2.24, 2.45) is 34.5 Å². The summed E-state index contributed by atoms with van der Waals surface area (Å²) in [5.41, 5.74) is -1.82. The molecule has 2 rings (SSSR count). The lowest BCUT2D eigenvalue weighted by molar-refractivity contribution is -0.156. The Morgan fingerprint density at radius 3 is 1.06 bits per heavy atom. The molecule has 266 valence electrons. The largest absolute Gasteiger partial charge is 0.461 e. The highest BCUT2D eigenvalue weighted by atomic mass is 35.5. The van der Waals surface area contributed by atoms with Gasteiger partial charge in [0.15, 0.2) is 11.5 Å². The van der Waals surface area contributed by atoms with E-state index >= 15 is 0 Å². The van der Waals surface area contributed by atoms with Gasteiger partial charge < -0.3 is 18.9 Å². The molecule has 0 aliphatic heterocycles. The number of halogens is 6. The van der Waals surface area contributed by atoms with E-state index in [9.17, 15) is 19.2 Å². The fourth-order valence-electron chi connectivity index (χ4n) is 4.58. The van der Waals surface area contributed by atoms with E-state index in [1.165, 1.54) is 0 Å². The highest BCUT2D eigenvalue weighted by Crippen LogP contribution is 2.43. The van der Waals surface area contributed by atoms with Crippen LogP contribution in [0.15, 0.2) is 12.1 Å². The number of carbonyl (C=O) groups is 4. The maximum absolute atomic E-state index is 13.3. The standard InChI is InChI=1S/C34H40Cl6O8/c1-15(2)33(9,16(3)4)13-45-29(41)23-25(39)19(35)11-21(37)27(23)47-31(43)32(44)48-28-22(38)12-20(36)26(40)24(28)30(42)46-14-34(10,17(5)6)18(7)8/h11-12,15-18H,13-14H2,1-10H3. The fraction of sp³-hybridized carbons (Fsp3) is 0.529. The van der Waals surface area contributed by atoms with Crippen molar-refractivity contribution in [3.63, 3.8) is 0 Å². The molecule has 0 spiro atoms. The first kappa shape index (κ1) is 42.2. The van der Waals surface area contributed by atoms with Gasteiger partial charge in [-0.05, 0) is 35.8 Å². The number of ether oxygens (including phenoxy) is 4. The van der Waals surface area contributed by atoms with E-state index in [4.69, 9.17) is 88.6 Å². The lowest BCUT2D eigenvalue weighted by Gasteiger charge is -2.37. The van der Waals surface area contributed by atoms with Crippen LogP contribution in [0.1, 0.15) is 90.0 Å². The predicted molar refractivity (Wildman–Crippen MR) is 190 cm³/mol. The van der Waals surface area contributed by atoms with E-state index in [1.807, 2.05) is 69.2 Å². The Kier molecular flexibility index (Phi) is 14.8. The van der Waals surface area contributed by atoms with Crippen LogP contribution in [0, 0.1) is 34.5 Å². The van der Waals surface area contributed by atoms with E-state index in [1.54, 1.807) is 0 Å². The minimum atomic E-state index is -1.66. The van der Waals surface area contributed by atoms with Crippen LogP contribution in [0.3, 0.4) is 0 Å². The normalized spacial score (nSPS) is 12.2. The highest BCUT2D eigenvalue weighted by molar-refractivity contribution is 6.47. The first-order valence-corrected chi connectivity index (χ1v) is 17.4. The summed E-state index contributed by atoms with van der Waals surface area (Å²) >= 11 is 37.6. The molecule has 2 aromatic carbocycles. The average Bonchev–Trinajstić information content (AvgIpc) is 2.99. The molecule has 0 saturated carbocycles. The Labute approximate surface area is 311 Å².